The summed E-state index contributed by atoms with van der Waals surface area (Å²) in [6.45, 7) is 0.718. The van der Waals surface area contributed by atoms with Crippen molar-refractivity contribution in [1.29, 1.82) is 0 Å². The van der Waals surface area contributed by atoms with E-state index in [1.54, 1.807) is 12.1 Å². The smallest absolute Gasteiger partial charge is 0.360 e. The van der Waals surface area contributed by atoms with E-state index in [2.05, 4.69) is 14.7 Å². The number of hydrogen-bond donors (Lipinski definition) is 0. The van der Waals surface area contributed by atoms with E-state index in [0.717, 1.165) is 5.56 Å². The van der Waals surface area contributed by atoms with Gasteiger partial charge in [0.1, 0.15) is 0 Å². The summed E-state index contributed by atoms with van der Waals surface area (Å²) < 4.78 is 16.4. The highest BCUT2D eigenvalue weighted by Gasteiger charge is 2.17. The number of esters is 1. The van der Waals surface area contributed by atoms with Gasteiger partial charge in [0.15, 0.2) is 5.71 Å². The Labute approximate surface area is 92.7 Å². The molecule has 0 aliphatic rings. The third-order valence-corrected chi connectivity index (χ3v) is 1.98. The summed E-state index contributed by atoms with van der Waals surface area (Å²) in [5.74, 6) is -0.664. The van der Waals surface area contributed by atoms with E-state index < -0.39 is 12.8 Å². The number of methoxy groups -OCH3 is 1. The van der Waals surface area contributed by atoms with Crippen LogP contribution in [0.15, 0.2) is 29.4 Å². The van der Waals surface area contributed by atoms with Crippen LogP contribution in [-0.2, 0) is 14.4 Å². The molecule has 0 saturated carbocycles. The van der Waals surface area contributed by atoms with Crippen LogP contribution in [0.2, 0.25) is 0 Å². The van der Waals surface area contributed by atoms with Gasteiger partial charge in [-0.05, 0) is 12.5 Å². The van der Waals surface area contributed by atoms with E-state index in [1.807, 2.05) is 19.1 Å². The van der Waals surface area contributed by atoms with Gasteiger partial charge < -0.3 is 9.57 Å². The van der Waals surface area contributed by atoms with Crippen LogP contribution in [0.4, 0.5) is 4.39 Å². The lowest BCUT2D eigenvalue weighted by Crippen LogP contribution is -2.18. The third kappa shape index (κ3) is 2.79. The van der Waals surface area contributed by atoms with Gasteiger partial charge >= 0.3 is 5.97 Å². The molecule has 86 valence electrons. The van der Waals surface area contributed by atoms with Crippen molar-refractivity contribution in [1.82, 2.24) is 0 Å². The van der Waals surface area contributed by atoms with Crippen molar-refractivity contribution in [2.45, 2.75) is 6.92 Å². The molecule has 0 spiro atoms. The molecule has 1 rings (SSSR count). The molecule has 0 aliphatic carbocycles. The Morgan fingerprint density at radius 3 is 2.69 bits per heavy atom. The SMILES string of the molecule is COC(=O)C(=NOCF)c1ccccc1C. The van der Waals surface area contributed by atoms with Gasteiger partial charge in [-0.3, -0.25) is 0 Å². The van der Waals surface area contributed by atoms with Crippen molar-refractivity contribution in [2.24, 2.45) is 5.16 Å². The molecule has 0 atom stereocenters. The monoisotopic (exact) mass is 225 g/mol. The minimum atomic E-state index is -1.09. The molecule has 0 bridgehead atoms. The van der Waals surface area contributed by atoms with Crippen molar-refractivity contribution >= 4 is 11.7 Å². The second kappa shape index (κ2) is 5.85. The fraction of sp³-hybridized carbons (Fsp3) is 0.273. The van der Waals surface area contributed by atoms with Crippen LogP contribution in [0.3, 0.4) is 0 Å². The molecule has 0 heterocycles. The van der Waals surface area contributed by atoms with E-state index >= 15 is 0 Å². The number of rotatable bonds is 4. The normalized spacial score (nSPS) is 11.1. The number of carbonyl (C=O) groups is 1. The lowest BCUT2D eigenvalue weighted by Gasteiger charge is -2.06. The van der Waals surface area contributed by atoms with Gasteiger partial charge in [0.25, 0.3) is 6.86 Å². The highest BCUT2D eigenvalue weighted by Crippen LogP contribution is 2.10. The van der Waals surface area contributed by atoms with Crippen molar-refractivity contribution < 1.29 is 18.8 Å². The predicted octanol–water partition coefficient (Wildman–Crippen LogP) is 1.82. The second-order valence-corrected chi connectivity index (χ2v) is 2.98. The maximum atomic E-state index is 11.9. The number of oxime groups is 1. The number of halogens is 1. The zero-order chi connectivity index (χ0) is 12.0. The van der Waals surface area contributed by atoms with Crippen molar-refractivity contribution in [3.05, 3.63) is 35.4 Å². The largest absolute Gasteiger partial charge is 0.464 e. The maximum absolute atomic E-state index is 11.9. The number of benzene rings is 1. The predicted molar refractivity (Wildman–Crippen MR) is 56.8 cm³/mol. The fourth-order valence-corrected chi connectivity index (χ4v) is 1.22. The number of hydrogen-bond acceptors (Lipinski definition) is 4. The molecule has 0 fully saturated rings. The summed E-state index contributed by atoms with van der Waals surface area (Å²) in [4.78, 5) is 15.7. The van der Waals surface area contributed by atoms with E-state index in [4.69, 9.17) is 0 Å². The quantitative estimate of drug-likeness (QED) is 0.446. The van der Waals surface area contributed by atoms with Crippen molar-refractivity contribution in [3.8, 4) is 0 Å². The summed E-state index contributed by atoms with van der Waals surface area (Å²) in [5, 5.41) is 3.41. The molecule has 0 aliphatic heterocycles. The number of aryl methyl sites for hydroxylation is 1. The van der Waals surface area contributed by atoms with Gasteiger partial charge in [-0.15, -0.1) is 0 Å². The molecule has 16 heavy (non-hydrogen) atoms. The summed E-state index contributed by atoms with van der Waals surface area (Å²) in [7, 11) is 1.23. The van der Waals surface area contributed by atoms with Gasteiger partial charge in [-0.2, -0.15) is 0 Å². The summed E-state index contributed by atoms with van der Waals surface area (Å²) in [6.07, 6.45) is 0. The fourth-order valence-electron chi connectivity index (χ4n) is 1.22. The van der Waals surface area contributed by atoms with Gasteiger partial charge in [-0.1, -0.05) is 29.4 Å². The second-order valence-electron chi connectivity index (χ2n) is 2.98. The Balaban J connectivity index is 3.11. The van der Waals surface area contributed by atoms with Crippen LogP contribution in [0.5, 0.6) is 0 Å². The van der Waals surface area contributed by atoms with Crippen LogP contribution < -0.4 is 0 Å². The molecule has 1 aromatic carbocycles. The molecule has 1 aromatic rings. The van der Waals surface area contributed by atoms with E-state index in [1.165, 1.54) is 7.11 Å². The standard InChI is InChI=1S/C11H12FNO3/c1-8-5-3-4-6-9(8)10(11(14)15-2)13-16-7-12/h3-6H,7H2,1-2H3. The molecule has 0 N–H and O–H groups in total. The molecule has 0 saturated heterocycles. The Bertz CT molecular complexity index is 404. The lowest BCUT2D eigenvalue weighted by atomic mass is 10.0. The minimum Gasteiger partial charge on any atom is -0.464 e. The van der Waals surface area contributed by atoms with Gasteiger partial charge in [-0.25, -0.2) is 9.18 Å². The Morgan fingerprint density at radius 1 is 1.44 bits per heavy atom. The minimum absolute atomic E-state index is 0.0433. The van der Waals surface area contributed by atoms with Crippen LogP contribution in [0.25, 0.3) is 0 Å². The number of alkyl halides is 1. The highest BCUT2D eigenvalue weighted by molar-refractivity contribution is 6.43. The van der Waals surface area contributed by atoms with Gasteiger partial charge in [0, 0.05) is 5.56 Å². The zero-order valence-corrected chi connectivity index (χ0v) is 9.07. The first-order valence-corrected chi connectivity index (χ1v) is 4.61. The first-order valence-electron chi connectivity index (χ1n) is 4.61. The van der Waals surface area contributed by atoms with Gasteiger partial charge in [0.05, 0.1) is 7.11 Å². The molecule has 0 aromatic heterocycles. The zero-order valence-electron chi connectivity index (χ0n) is 9.07. The molecule has 5 heteroatoms. The van der Waals surface area contributed by atoms with Crippen molar-refractivity contribution in [3.63, 3.8) is 0 Å². The first kappa shape index (κ1) is 12.2. The van der Waals surface area contributed by atoms with E-state index in [-0.39, 0.29) is 5.71 Å². The molecule has 0 unspecified atom stereocenters. The Hall–Kier alpha value is -1.91. The van der Waals surface area contributed by atoms with Gasteiger partial charge in [0.2, 0.25) is 0 Å². The third-order valence-electron chi connectivity index (χ3n) is 1.98. The highest BCUT2D eigenvalue weighted by atomic mass is 19.1. The van der Waals surface area contributed by atoms with E-state index in [9.17, 15) is 9.18 Å². The van der Waals surface area contributed by atoms with Crippen LogP contribution >= 0.6 is 0 Å². The number of carbonyl (C=O) groups excluding carboxylic acids is 1. The van der Waals surface area contributed by atoms with Crippen LogP contribution in [-0.4, -0.2) is 25.7 Å². The molecular formula is C11H12FNO3. The van der Waals surface area contributed by atoms with Crippen molar-refractivity contribution in [2.75, 3.05) is 14.0 Å². The summed E-state index contributed by atoms with van der Waals surface area (Å²) in [6, 6.07) is 7.07. The molecule has 0 amide bonds. The van der Waals surface area contributed by atoms with Crippen LogP contribution in [0.1, 0.15) is 11.1 Å². The molecule has 0 radical (unpaired) electrons. The van der Waals surface area contributed by atoms with Crippen LogP contribution in [0, 0.1) is 6.92 Å². The molecular weight excluding hydrogens is 213 g/mol. The average molecular weight is 225 g/mol. The topological polar surface area (TPSA) is 47.9 Å². The Kier molecular flexibility index (Phi) is 4.44. The Morgan fingerprint density at radius 2 is 2.12 bits per heavy atom. The number of nitrogens with zero attached hydrogens (tertiary/aromatic N) is 1. The van der Waals surface area contributed by atoms with E-state index in [0.29, 0.717) is 5.56 Å². The first-order chi connectivity index (χ1) is 7.70. The summed E-state index contributed by atoms with van der Waals surface area (Å²) in [5.41, 5.74) is 1.34. The average Bonchev–Trinajstić information content (AvgIpc) is 2.31. The maximum Gasteiger partial charge on any atom is 0.360 e. The molecule has 4 nitrogen and oxygen atoms in total. The lowest BCUT2D eigenvalue weighted by molar-refractivity contribution is -0.132. The number of ether oxygens (including phenoxy) is 1. The summed E-state index contributed by atoms with van der Waals surface area (Å²) >= 11 is 0.